The van der Waals surface area contributed by atoms with Crippen molar-refractivity contribution in [2.24, 2.45) is 0 Å². The summed E-state index contributed by atoms with van der Waals surface area (Å²) in [5.74, 6) is 0. The molecule has 0 bridgehead atoms. The molecule has 134 valence electrons. The van der Waals surface area contributed by atoms with Crippen molar-refractivity contribution in [1.82, 2.24) is 0 Å². The van der Waals surface area contributed by atoms with Crippen LogP contribution in [0.15, 0.2) is 75.7 Å². The molecule has 3 rings (SSSR count). The van der Waals surface area contributed by atoms with E-state index in [1.807, 2.05) is 0 Å². The van der Waals surface area contributed by atoms with E-state index in [-0.39, 0.29) is 0 Å². The number of aryl methyl sites for hydroxylation is 3. The van der Waals surface area contributed by atoms with Crippen LogP contribution in [0.3, 0.4) is 0 Å². The van der Waals surface area contributed by atoms with Gasteiger partial charge in [0.1, 0.15) is 0 Å². The smallest absolute Gasteiger partial charge is 0.0210 e. The molecule has 3 aromatic carbocycles. The molecule has 0 amide bonds. The van der Waals surface area contributed by atoms with Gasteiger partial charge in [0.2, 0.25) is 0 Å². The second kappa shape index (κ2) is 9.83. The van der Waals surface area contributed by atoms with Crippen molar-refractivity contribution < 1.29 is 0 Å². The van der Waals surface area contributed by atoms with E-state index in [2.05, 4.69) is 106 Å². The SMILES string of the molecule is Cc1cc(Br)c(CCCCc2ccc(Pc3ccccc3)cc2)cc1Br. The predicted molar refractivity (Wildman–Crippen MR) is 124 cm³/mol. The van der Waals surface area contributed by atoms with Crippen LogP contribution in [0.4, 0.5) is 0 Å². The summed E-state index contributed by atoms with van der Waals surface area (Å²) in [5.41, 5.74) is 4.11. The predicted octanol–water partition coefficient (Wildman–Crippen LogP) is 6.71. The van der Waals surface area contributed by atoms with Crippen LogP contribution in [0.5, 0.6) is 0 Å². The van der Waals surface area contributed by atoms with Crippen molar-refractivity contribution in [2.45, 2.75) is 32.6 Å². The highest BCUT2D eigenvalue weighted by molar-refractivity contribution is 9.11. The first-order valence-electron chi connectivity index (χ1n) is 8.97. The minimum atomic E-state index is 0.743. The van der Waals surface area contributed by atoms with Gasteiger partial charge in [0.25, 0.3) is 0 Å². The first-order chi connectivity index (χ1) is 12.6. The van der Waals surface area contributed by atoms with Crippen LogP contribution in [0, 0.1) is 6.92 Å². The summed E-state index contributed by atoms with van der Waals surface area (Å²) in [6, 6.07) is 24.3. The number of unbranched alkanes of at least 4 members (excludes halogenated alkanes) is 1. The Morgan fingerprint density at radius 3 is 2.12 bits per heavy atom. The molecular formula is C23H23Br2P. The van der Waals surface area contributed by atoms with E-state index in [1.54, 1.807) is 0 Å². The van der Waals surface area contributed by atoms with Gasteiger partial charge in [0.15, 0.2) is 0 Å². The zero-order chi connectivity index (χ0) is 18.4. The molecule has 3 heteroatoms. The Labute approximate surface area is 175 Å². The Balaban J connectivity index is 1.47. The summed E-state index contributed by atoms with van der Waals surface area (Å²) >= 11 is 7.33. The third-order valence-electron chi connectivity index (χ3n) is 4.51. The molecule has 0 N–H and O–H groups in total. The van der Waals surface area contributed by atoms with Crippen molar-refractivity contribution in [3.8, 4) is 0 Å². The van der Waals surface area contributed by atoms with Crippen LogP contribution in [0.1, 0.15) is 29.5 Å². The lowest BCUT2D eigenvalue weighted by Gasteiger charge is -2.08. The molecule has 3 aromatic rings. The molecule has 0 radical (unpaired) electrons. The number of benzene rings is 3. The van der Waals surface area contributed by atoms with E-state index in [4.69, 9.17) is 0 Å². The normalized spacial score (nSPS) is 11.3. The van der Waals surface area contributed by atoms with E-state index < -0.39 is 0 Å². The molecule has 0 saturated heterocycles. The van der Waals surface area contributed by atoms with Gasteiger partial charge in [-0.2, -0.15) is 0 Å². The van der Waals surface area contributed by atoms with Crippen LogP contribution in [-0.4, -0.2) is 0 Å². The third kappa shape index (κ3) is 5.78. The zero-order valence-electron chi connectivity index (χ0n) is 14.9. The van der Waals surface area contributed by atoms with E-state index in [0.717, 1.165) is 21.4 Å². The van der Waals surface area contributed by atoms with Crippen LogP contribution in [0.25, 0.3) is 0 Å². The van der Waals surface area contributed by atoms with E-state index in [1.165, 1.54) is 49.1 Å². The van der Waals surface area contributed by atoms with Crippen molar-refractivity contribution in [3.63, 3.8) is 0 Å². The molecule has 0 saturated carbocycles. The summed E-state index contributed by atoms with van der Waals surface area (Å²) < 4.78 is 2.43. The molecule has 0 fully saturated rings. The second-order valence-corrected chi connectivity index (χ2v) is 9.70. The number of halogens is 2. The molecule has 0 aromatic heterocycles. The molecule has 0 heterocycles. The highest BCUT2D eigenvalue weighted by Crippen LogP contribution is 2.26. The second-order valence-electron chi connectivity index (χ2n) is 6.59. The van der Waals surface area contributed by atoms with Crippen molar-refractivity contribution in [2.75, 3.05) is 0 Å². The maximum absolute atomic E-state index is 3.69. The highest BCUT2D eigenvalue weighted by Gasteiger charge is 2.04. The average molecular weight is 490 g/mol. The molecule has 1 atom stereocenters. The van der Waals surface area contributed by atoms with Crippen LogP contribution >= 0.6 is 40.4 Å². The van der Waals surface area contributed by atoms with Gasteiger partial charge in [0.05, 0.1) is 0 Å². The molecule has 0 aliphatic heterocycles. The number of rotatable bonds is 7. The van der Waals surface area contributed by atoms with Gasteiger partial charge in [-0.25, -0.2) is 0 Å². The van der Waals surface area contributed by atoms with Gasteiger partial charge in [-0.1, -0.05) is 95.0 Å². The summed E-state index contributed by atoms with van der Waals surface area (Å²) in [4.78, 5) is 0. The Hall–Kier alpha value is -0.950. The zero-order valence-corrected chi connectivity index (χ0v) is 19.1. The molecular weight excluding hydrogens is 467 g/mol. The first kappa shape index (κ1) is 19.8. The molecule has 26 heavy (non-hydrogen) atoms. The topological polar surface area (TPSA) is 0 Å². The lowest BCUT2D eigenvalue weighted by atomic mass is 10.0. The monoisotopic (exact) mass is 488 g/mol. The number of hydrogen-bond acceptors (Lipinski definition) is 0. The maximum atomic E-state index is 3.69. The van der Waals surface area contributed by atoms with Crippen LogP contribution < -0.4 is 10.6 Å². The lowest BCUT2D eigenvalue weighted by molar-refractivity contribution is 0.732. The number of hydrogen-bond donors (Lipinski definition) is 0. The fraction of sp³-hybridized carbons (Fsp3) is 0.217. The molecule has 0 aliphatic carbocycles. The Morgan fingerprint density at radius 2 is 1.38 bits per heavy atom. The fourth-order valence-corrected chi connectivity index (χ4v) is 5.04. The Kier molecular flexibility index (Phi) is 7.49. The lowest BCUT2D eigenvalue weighted by Crippen LogP contribution is -2.02. The minimum Gasteiger partial charge on any atom is -0.0622 e. The minimum absolute atomic E-state index is 0.743. The van der Waals surface area contributed by atoms with Gasteiger partial charge in [0, 0.05) is 8.95 Å². The summed E-state index contributed by atoms with van der Waals surface area (Å²) in [6.07, 6.45) is 4.70. The van der Waals surface area contributed by atoms with Crippen molar-refractivity contribution in [1.29, 1.82) is 0 Å². The van der Waals surface area contributed by atoms with E-state index >= 15 is 0 Å². The van der Waals surface area contributed by atoms with Crippen molar-refractivity contribution in [3.05, 3.63) is 92.4 Å². The average Bonchev–Trinajstić information content (AvgIpc) is 2.65. The molecule has 0 spiro atoms. The maximum Gasteiger partial charge on any atom is 0.0210 e. The fourth-order valence-electron chi connectivity index (χ4n) is 2.97. The van der Waals surface area contributed by atoms with Gasteiger partial charge in [-0.05, 0) is 72.0 Å². The summed E-state index contributed by atoms with van der Waals surface area (Å²) in [5, 5.41) is 2.81. The Morgan fingerprint density at radius 1 is 0.731 bits per heavy atom. The van der Waals surface area contributed by atoms with E-state index in [9.17, 15) is 0 Å². The van der Waals surface area contributed by atoms with Gasteiger partial charge in [-0.3, -0.25) is 0 Å². The van der Waals surface area contributed by atoms with Gasteiger partial charge in [-0.15, -0.1) is 0 Å². The molecule has 1 unspecified atom stereocenters. The third-order valence-corrected chi connectivity index (χ3v) is 7.34. The largest absolute Gasteiger partial charge is 0.0622 e. The highest BCUT2D eigenvalue weighted by atomic mass is 79.9. The summed E-state index contributed by atoms with van der Waals surface area (Å²) in [7, 11) is 0.743. The molecule has 0 nitrogen and oxygen atoms in total. The molecule has 0 aliphatic rings. The van der Waals surface area contributed by atoms with Crippen LogP contribution in [0.2, 0.25) is 0 Å². The standard InChI is InChI=1S/C23H23Br2P/c1-17-15-23(25)19(16-22(17)24)8-6-5-7-18-11-13-21(14-12-18)26-20-9-3-2-4-10-20/h2-4,9-16,26H,5-8H2,1H3. The van der Waals surface area contributed by atoms with Crippen LogP contribution in [-0.2, 0) is 12.8 Å². The van der Waals surface area contributed by atoms with Gasteiger partial charge >= 0.3 is 0 Å². The summed E-state index contributed by atoms with van der Waals surface area (Å²) in [6.45, 7) is 2.13. The van der Waals surface area contributed by atoms with E-state index in [0.29, 0.717) is 0 Å². The van der Waals surface area contributed by atoms with Crippen molar-refractivity contribution >= 4 is 51.0 Å². The Bertz CT molecular complexity index is 842. The first-order valence-corrected chi connectivity index (χ1v) is 11.6. The quantitative estimate of drug-likeness (QED) is 0.255. The van der Waals surface area contributed by atoms with Gasteiger partial charge < -0.3 is 0 Å².